The lowest BCUT2D eigenvalue weighted by Gasteiger charge is -2.32. The van der Waals surface area contributed by atoms with Crippen LogP contribution in [0.1, 0.15) is 31.9 Å². The molecule has 1 aromatic rings. The van der Waals surface area contributed by atoms with Crippen LogP contribution in [-0.2, 0) is 4.79 Å². The average molecular weight is 276 g/mol. The first kappa shape index (κ1) is 15.0. The number of likely N-dealkylation sites (N-methyl/N-ethyl adjacent to an activating group) is 1. The standard InChI is InChI=1S/C16H24N2O2/c1-3-17(4-2)15(13-8-6-5-7-9-13)16(20)18-11-10-14(19)12-18/h5-9,14-15,19H,3-4,10-12H2,1-2H3/t14?,15-/m1/s1. The summed E-state index contributed by atoms with van der Waals surface area (Å²) < 4.78 is 0. The first-order chi connectivity index (χ1) is 9.67. The van der Waals surface area contributed by atoms with Crippen LogP contribution in [0.3, 0.4) is 0 Å². The molecule has 20 heavy (non-hydrogen) atoms. The van der Waals surface area contributed by atoms with E-state index in [1.165, 1.54) is 0 Å². The van der Waals surface area contributed by atoms with E-state index in [1.807, 2.05) is 30.3 Å². The lowest BCUT2D eigenvalue weighted by atomic mass is 10.0. The highest BCUT2D eigenvalue weighted by Crippen LogP contribution is 2.25. The Kier molecular flexibility index (Phi) is 5.15. The summed E-state index contributed by atoms with van der Waals surface area (Å²) in [6.07, 6.45) is 0.318. The number of amides is 1. The SMILES string of the molecule is CCN(CC)[C@@H](C(=O)N1CCC(O)C1)c1ccccc1. The predicted molar refractivity (Wildman–Crippen MR) is 79.3 cm³/mol. The van der Waals surface area contributed by atoms with Gasteiger partial charge in [-0.1, -0.05) is 44.2 Å². The Labute approximate surface area is 121 Å². The third-order valence-corrected chi connectivity index (χ3v) is 4.00. The second-order valence-electron chi connectivity index (χ2n) is 5.26. The fourth-order valence-electron chi connectivity index (χ4n) is 2.85. The molecule has 1 N–H and O–H groups in total. The molecule has 1 aliphatic heterocycles. The number of likely N-dealkylation sites (tertiary alicyclic amines) is 1. The summed E-state index contributed by atoms with van der Waals surface area (Å²) in [5, 5.41) is 9.65. The number of carbonyl (C=O) groups is 1. The van der Waals surface area contributed by atoms with Crippen molar-refractivity contribution in [3.63, 3.8) is 0 Å². The van der Waals surface area contributed by atoms with E-state index < -0.39 is 0 Å². The summed E-state index contributed by atoms with van der Waals surface area (Å²) in [6, 6.07) is 9.68. The zero-order valence-corrected chi connectivity index (χ0v) is 12.3. The van der Waals surface area contributed by atoms with Crippen molar-refractivity contribution >= 4 is 5.91 Å². The van der Waals surface area contributed by atoms with Crippen molar-refractivity contribution in [2.45, 2.75) is 32.4 Å². The van der Waals surface area contributed by atoms with E-state index in [0.29, 0.717) is 19.5 Å². The quantitative estimate of drug-likeness (QED) is 0.889. The average Bonchev–Trinajstić information content (AvgIpc) is 2.91. The maximum atomic E-state index is 12.8. The van der Waals surface area contributed by atoms with E-state index in [-0.39, 0.29) is 18.1 Å². The number of nitrogens with zero attached hydrogens (tertiary/aromatic N) is 2. The summed E-state index contributed by atoms with van der Waals surface area (Å²) in [7, 11) is 0. The van der Waals surface area contributed by atoms with Crippen LogP contribution in [0, 0.1) is 0 Å². The van der Waals surface area contributed by atoms with Crippen molar-refractivity contribution in [3.8, 4) is 0 Å². The van der Waals surface area contributed by atoms with Crippen molar-refractivity contribution < 1.29 is 9.90 Å². The van der Waals surface area contributed by atoms with Gasteiger partial charge in [0.25, 0.3) is 0 Å². The van der Waals surface area contributed by atoms with Gasteiger partial charge in [-0.25, -0.2) is 0 Å². The summed E-state index contributed by atoms with van der Waals surface area (Å²) >= 11 is 0. The zero-order chi connectivity index (χ0) is 14.5. The number of hydrogen-bond acceptors (Lipinski definition) is 3. The van der Waals surface area contributed by atoms with Gasteiger partial charge in [0.1, 0.15) is 6.04 Å². The summed E-state index contributed by atoms with van der Waals surface area (Å²) in [4.78, 5) is 16.8. The first-order valence-electron chi connectivity index (χ1n) is 7.43. The van der Waals surface area contributed by atoms with E-state index in [0.717, 1.165) is 18.7 Å². The molecule has 0 saturated carbocycles. The van der Waals surface area contributed by atoms with Crippen LogP contribution in [0.15, 0.2) is 30.3 Å². The summed E-state index contributed by atoms with van der Waals surface area (Å²) in [6.45, 7) is 6.93. The van der Waals surface area contributed by atoms with Gasteiger partial charge in [-0.3, -0.25) is 9.69 Å². The van der Waals surface area contributed by atoms with Crippen molar-refractivity contribution in [2.24, 2.45) is 0 Å². The Bertz CT molecular complexity index is 431. The molecule has 1 heterocycles. The van der Waals surface area contributed by atoms with Crippen LogP contribution in [0.25, 0.3) is 0 Å². The van der Waals surface area contributed by atoms with Crippen LogP contribution in [0.4, 0.5) is 0 Å². The van der Waals surface area contributed by atoms with E-state index >= 15 is 0 Å². The molecule has 4 heteroatoms. The fraction of sp³-hybridized carbons (Fsp3) is 0.562. The van der Waals surface area contributed by atoms with Gasteiger partial charge < -0.3 is 10.0 Å². The topological polar surface area (TPSA) is 43.8 Å². The number of β-amino-alcohol motifs (C(OH)–C–C–N with tert-alkyl or cyclic N) is 1. The molecule has 0 aromatic heterocycles. The van der Waals surface area contributed by atoms with Crippen molar-refractivity contribution in [3.05, 3.63) is 35.9 Å². The van der Waals surface area contributed by atoms with Gasteiger partial charge in [0, 0.05) is 13.1 Å². The van der Waals surface area contributed by atoms with E-state index in [9.17, 15) is 9.90 Å². The molecule has 1 aliphatic rings. The highest BCUT2D eigenvalue weighted by Gasteiger charge is 2.33. The fourth-order valence-corrected chi connectivity index (χ4v) is 2.85. The molecule has 1 saturated heterocycles. The third-order valence-electron chi connectivity index (χ3n) is 4.00. The summed E-state index contributed by atoms with van der Waals surface area (Å²) in [5.41, 5.74) is 1.03. The third kappa shape index (κ3) is 3.19. The Hall–Kier alpha value is -1.39. The number of aliphatic hydroxyl groups excluding tert-OH is 1. The predicted octanol–water partition coefficient (Wildman–Crippen LogP) is 1.66. The first-order valence-corrected chi connectivity index (χ1v) is 7.43. The molecule has 1 unspecified atom stereocenters. The number of rotatable bonds is 5. The Morgan fingerprint density at radius 3 is 2.50 bits per heavy atom. The van der Waals surface area contributed by atoms with Gasteiger partial charge in [-0.15, -0.1) is 0 Å². The molecule has 0 aliphatic carbocycles. The minimum atomic E-state index is -0.368. The van der Waals surface area contributed by atoms with Crippen molar-refractivity contribution in [1.29, 1.82) is 0 Å². The van der Waals surface area contributed by atoms with Crippen LogP contribution in [0.5, 0.6) is 0 Å². The molecule has 0 radical (unpaired) electrons. The van der Waals surface area contributed by atoms with E-state index in [1.54, 1.807) is 4.90 Å². The van der Waals surface area contributed by atoms with Gasteiger partial charge in [0.2, 0.25) is 5.91 Å². The maximum absolute atomic E-state index is 12.8. The molecule has 110 valence electrons. The van der Waals surface area contributed by atoms with Crippen LogP contribution in [0.2, 0.25) is 0 Å². The Balaban J connectivity index is 2.24. The molecule has 2 rings (SSSR count). The van der Waals surface area contributed by atoms with Crippen LogP contribution in [-0.4, -0.2) is 53.1 Å². The van der Waals surface area contributed by atoms with Gasteiger partial charge >= 0.3 is 0 Å². The van der Waals surface area contributed by atoms with Crippen molar-refractivity contribution in [1.82, 2.24) is 9.80 Å². The molecular weight excluding hydrogens is 252 g/mol. The molecule has 1 fully saturated rings. The van der Waals surface area contributed by atoms with Gasteiger partial charge in [0.15, 0.2) is 0 Å². The molecule has 2 atom stereocenters. The van der Waals surface area contributed by atoms with Gasteiger partial charge in [-0.05, 0) is 25.1 Å². The Morgan fingerprint density at radius 1 is 1.35 bits per heavy atom. The number of benzene rings is 1. The molecule has 0 bridgehead atoms. The van der Waals surface area contributed by atoms with Crippen LogP contribution >= 0.6 is 0 Å². The van der Waals surface area contributed by atoms with Gasteiger partial charge in [0.05, 0.1) is 6.10 Å². The van der Waals surface area contributed by atoms with Crippen molar-refractivity contribution in [2.75, 3.05) is 26.2 Å². The Morgan fingerprint density at radius 2 is 2.00 bits per heavy atom. The minimum Gasteiger partial charge on any atom is -0.391 e. The molecule has 1 amide bonds. The van der Waals surface area contributed by atoms with E-state index in [4.69, 9.17) is 0 Å². The molecular formula is C16H24N2O2. The van der Waals surface area contributed by atoms with E-state index in [2.05, 4.69) is 18.7 Å². The number of carbonyl (C=O) groups excluding carboxylic acids is 1. The lowest BCUT2D eigenvalue weighted by molar-refractivity contribution is -0.136. The highest BCUT2D eigenvalue weighted by atomic mass is 16.3. The number of hydrogen-bond donors (Lipinski definition) is 1. The molecule has 1 aromatic carbocycles. The summed E-state index contributed by atoms with van der Waals surface area (Å²) in [5.74, 6) is 0.108. The monoisotopic (exact) mass is 276 g/mol. The molecule has 0 spiro atoms. The smallest absolute Gasteiger partial charge is 0.244 e. The van der Waals surface area contributed by atoms with Gasteiger partial charge in [-0.2, -0.15) is 0 Å². The maximum Gasteiger partial charge on any atom is 0.244 e. The molecule has 4 nitrogen and oxygen atoms in total. The number of aliphatic hydroxyl groups is 1. The largest absolute Gasteiger partial charge is 0.391 e. The second kappa shape index (κ2) is 6.86. The second-order valence-corrected chi connectivity index (χ2v) is 5.26. The van der Waals surface area contributed by atoms with Crippen LogP contribution < -0.4 is 0 Å². The lowest BCUT2D eigenvalue weighted by Crippen LogP contribution is -2.42. The zero-order valence-electron chi connectivity index (χ0n) is 12.3. The normalized spacial score (nSPS) is 20.4. The highest BCUT2D eigenvalue weighted by molar-refractivity contribution is 5.83. The minimum absolute atomic E-state index is 0.108.